The van der Waals surface area contributed by atoms with Gasteiger partial charge in [0.15, 0.2) is 11.5 Å². The summed E-state index contributed by atoms with van der Waals surface area (Å²) in [5.41, 5.74) is 3.23. The van der Waals surface area contributed by atoms with Gasteiger partial charge in [0.05, 0.1) is 47.1 Å². The molecule has 0 spiro atoms. The van der Waals surface area contributed by atoms with Gasteiger partial charge in [0.2, 0.25) is 5.91 Å². The third kappa shape index (κ3) is 11.1. The monoisotopic (exact) mass is 643 g/mol. The molecule has 45 heavy (non-hydrogen) atoms. The lowest BCUT2D eigenvalue weighted by molar-refractivity contribution is -0.141. The summed E-state index contributed by atoms with van der Waals surface area (Å²) in [6, 6.07) is 10.0. The zero-order valence-electron chi connectivity index (χ0n) is 26.8. The lowest BCUT2D eigenvalue weighted by Crippen LogP contribution is -2.39. The summed E-state index contributed by atoms with van der Waals surface area (Å²) in [6.45, 7) is 4.86. The lowest BCUT2D eigenvalue weighted by Gasteiger charge is -2.34. The van der Waals surface area contributed by atoms with Crippen molar-refractivity contribution in [3.8, 4) is 11.5 Å². The number of aromatic nitrogens is 1. The molecule has 248 valence electrons. The predicted octanol–water partition coefficient (Wildman–Crippen LogP) is 4.70. The molecule has 1 fully saturated rings. The van der Waals surface area contributed by atoms with Gasteiger partial charge in [-0.25, -0.2) is 4.98 Å². The fraction of sp³-hybridized carbons (Fsp3) is 0.618. The number of carbonyl (C=O) groups excluding carboxylic acids is 2. The number of aryl methyl sites for hydroxylation is 2. The number of amides is 1. The molecule has 11 heteroatoms. The first-order valence-electron chi connectivity index (χ1n) is 16.1. The van der Waals surface area contributed by atoms with E-state index in [1.165, 1.54) is 12.7 Å². The first kappa shape index (κ1) is 34.8. The molecule has 0 radical (unpaired) electrons. The van der Waals surface area contributed by atoms with Crippen molar-refractivity contribution < 1.29 is 33.3 Å². The summed E-state index contributed by atoms with van der Waals surface area (Å²) in [4.78, 5) is 32.1. The van der Waals surface area contributed by atoms with Gasteiger partial charge in [-0.15, -0.1) is 0 Å². The van der Waals surface area contributed by atoms with E-state index in [-0.39, 0.29) is 24.2 Å². The Morgan fingerprint density at radius 2 is 1.80 bits per heavy atom. The highest BCUT2D eigenvalue weighted by Gasteiger charge is 2.27. The molecular weight excluding hydrogens is 594 g/mol. The van der Waals surface area contributed by atoms with E-state index in [4.69, 9.17) is 28.7 Å². The number of methoxy groups -OCH3 is 2. The van der Waals surface area contributed by atoms with Gasteiger partial charge in [-0.3, -0.25) is 9.59 Å². The van der Waals surface area contributed by atoms with Crippen LogP contribution in [0.2, 0.25) is 0 Å². The normalized spacial score (nSPS) is 15.6. The van der Waals surface area contributed by atoms with E-state index in [0.717, 1.165) is 68.8 Å². The SMILES string of the molecule is COC(=O)CC(CC1CCN(C(=O)CCc2ccc3c(n2)NCCC3)CC1)c1ccc(OCCOCCOCCS)c(OC)c1. The highest BCUT2D eigenvalue weighted by atomic mass is 32.1. The van der Waals surface area contributed by atoms with Crippen LogP contribution < -0.4 is 14.8 Å². The Labute approximate surface area is 272 Å². The minimum atomic E-state index is -0.242. The molecule has 1 N–H and O–H groups in total. The molecule has 1 unspecified atom stereocenters. The van der Waals surface area contributed by atoms with E-state index < -0.39 is 0 Å². The summed E-state index contributed by atoms with van der Waals surface area (Å²) in [5, 5.41) is 3.37. The Balaban J connectivity index is 1.26. The highest BCUT2D eigenvalue weighted by Crippen LogP contribution is 2.37. The van der Waals surface area contributed by atoms with Crippen LogP contribution in [-0.2, 0) is 36.6 Å². The Hall–Kier alpha value is -3.02. The highest BCUT2D eigenvalue weighted by molar-refractivity contribution is 7.80. The number of rotatable bonds is 18. The standard InChI is InChI=1S/C34H49N3O7S/c1-40-31-23-27(6-9-30(31)44-19-18-42-16-17-43-20-21-45)28(24-33(39)41-2)22-25-11-14-37(15-12-25)32(38)10-8-29-7-5-26-4-3-13-35-34(26)36-29/h5-7,9,23,25,28,45H,3-4,8,10-22,24H2,1-2H3,(H,35,36). The topological polar surface area (TPSA) is 108 Å². The number of ether oxygens (including phenoxy) is 5. The van der Waals surface area contributed by atoms with Crippen molar-refractivity contribution in [3.63, 3.8) is 0 Å². The van der Waals surface area contributed by atoms with Gasteiger partial charge in [0, 0.05) is 37.5 Å². The minimum absolute atomic E-state index is 0.0306. The smallest absolute Gasteiger partial charge is 0.306 e. The first-order valence-corrected chi connectivity index (χ1v) is 16.8. The second-order valence-corrected chi connectivity index (χ2v) is 12.0. The molecule has 2 aliphatic heterocycles. The second-order valence-electron chi connectivity index (χ2n) is 11.6. The van der Waals surface area contributed by atoms with Crippen molar-refractivity contribution in [2.75, 3.05) is 78.0 Å². The van der Waals surface area contributed by atoms with Gasteiger partial charge in [-0.2, -0.15) is 12.6 Å². The van der Waals surface area contributed by atoms with Gasteiger partial charge >= 0.3 is 5.97 Å². The first-order chi connectivity index (χ1) is 22.0. The molecule has 1 aromatic carbocycles. The molecule has 0 bridgehead atoms. The summed E-state index contributed by atoms with van der Waals surface area (Å²) in [7, 11) is 3.04. The molecule has 3 heterocycles. The number of nitrogens with zero attached hydrogens (tertiary/aromatic N) is 2. The van der Waals surface area contributed by atoms with Crippen LogP contribution >= 0.6 is 12.6 Å². The second kappa shape index (κ2) is 18.8. The van der Waals surface area contributed by atoms with Crippen LogP contribution in [0.1, 0.15) is 61.3 Å². The van der Waals surface area contributed by atoms with Crippen LogP contribution in [0.4, 0.5) is 5.82 Å². The van der Waals surface area contributed by atoms with Gasteiger partial charge in [-0.05, 0) is 79.7 Å². The largest absolute Gasteiger partial charge is 0.493 e. The summed E-state index contributed by atoms with van der Waals surface area (Å²) < 4.78 is 27.5. The quantitative estimate of drug-likeness (QED) is 0.136. The molecule has 4 rings (SSSR count). The van der Waals surface area contributed by atoms with Crippen molar-refractivity contribution in [1.29, 1.82) is 0 Å². The Morgan fingerprint density at radius 1 is 1.02 bits per heavy atom. The number of hydrogen-bond acceptors (Lipinski definition) is 10. The molecule has 2 aliphatic rings. The number of benzene rings is 1. The van der Waals surface area contributed by atoms with Crippen molar-refractivity contribution in [3.05, 3.63) is 47.2 Å². The van der Waals surface area contributed by atoms with Crippen LogP contribution in [0.5, 0.6) is 11.5 Å². The lowest BCUT2D eigenvalue weighted by atomic mass is 9.82. The maximum atomic E-state index is 13.0. The average Bonchev–Trinajstić information content (AvgIpc) is 3.08. The number of fused-ring (bicyclic) bond motifs is 1. The number of hydrogen-bond donors (Lipinski definition) is 2. The third-order valence-electron chi connectivity index (χ3n) is 8.52. The minimum Gasteiger partial charge on any atom is -0.493 e. The summed E-state index contributed by atoms with van der Waals surface area (Å²) >= 11 is 4.11. The van der Waals surface area contributed by atoms with Gasteiger partial charge in [-0.1, -0.05) is 12.1 Å². The zero-order valence-corrected chi connectivity index (χ0v) is 27.7. The van der Waals surface area contributed by atoms with Crippen molar-refractivity contribution >= 4 is 30.3 Å². The molecule has 10 nitrogen and oxygen atoms in total. The van der Waals surface area contributed by atoms with Gasteiger partial charge in [0.1, 0.15) is 12.4 Å². The molecule has 0 aliphatic carbocycles. The number of nitrogens with one attached hydrogen (secondary N) is 1. The van der Waals surface area contributed by atoms with Crippen molar-refractivity contribution in [2.45, 2.75) is 57.3 Å². The average molecular weight is 644 g/mol. The van der Waals surface area contributed by atoms with Crippen LogP contribution in [0.15, 0.2) is 30.3 Å². The van der Waals surface area contributed by atoms with Crippen LogP contribution in [0, 0.1) is 5.92 Å². The van der Waals surface area contributed by atoms with Gasteiger partial charge in [0.25, 0.3) is 0 Å². The summed E-state index contributed by atoms with van der Waals surface area (Å²) in [5.74, 6) is 3.21. The number of thiol groups is 1. The van der Waals surface area contributed by atoms with Gasteiger partial charge < -0.3 is 33.9 Å². The van der Waals surface area contributed by atoms with E-state index in [1.807, 2.05) is 23.1 Å². The number of likely N-dealkylation sites (tertiary alicyclic amines) is 1. The van der Waals surface area contributed by atoms with Crippen LogP contribution in [0.25, 0.3) is 0 Å². The Morgan fingerprint density at radius 3 is 2.56 bits per heavy atom. The number of carbonyl (C=O) groups is 2. The molecule has 2 aromatic rings. The number of anilines is 1. The van der Waals surface area contributed by atoms with E-state index in [2.05, 4.69) is 30.1 Å². The maximum Gasteiger partial charge on any atom is 0.306 e. The zero-order chi connectivity index (χ0) is 31.9. The molecular formula is C34H49N3O7S. The maximum absolute atomic E-state index is 13.0. The third-order valence-corrected chi connectivity index (χ3v) is 8.71. The molecule has 0 saturated carbocycles. The molecule has 1 saturated heterocycles. The van der Waals surface area contributed by atoms with E-state index in [9.17, 15) is 9.59 Å². The van der Waals surface area contributed by atoms with Crippen molar-refractivity contribution in [1.82, 2.24) is 9.88 Å². The Kier molecular flexibility index (Phi) is 14.6. The van der Waals surface area contributed by atoms with E-state index in [0.29, 0.717) is 69.0 Å². The fourth-order valence-electron chi connectivity index (χ4n) is 6.00. The number of piperidine rings is 1. The Bertz CT molecular complexity index is 1220. The van der Waals surface area contributed by atoms with Crippen LogP contribution in [-0.4, -0.2) is 94.4 Å². The molecule has 1 aromatic heterocycles. The number of esters is 1. The van der Waals surface area contributed by atoms with Crippen LogP contribution in [0.3, 0.4) is 0 Å². The molecule has 1 atom stereocenters. The van der Waals surface area contributed by atoms with Crippen molar-refractivity contribution in [2.24, 2.45) is 5.92 Å². The van der Waals surface area contributed by atoms with E-state index >= 15 is 0 Å². The predicted molar refractivity (Wildman–Crippen MR) is 177 cm³/mol. The summed E-state index contributed by atoms with van der Waals surface area (Å²) in [6.07, 6.45) is 6.22. The molecule has 1 amide bonds. The van der Waals surface area contributed by atoms with E-state index in [1.54, 1.807) is 7.11 Å². The fourth-order valence-corrected chi connectivity index (χ4v) is 6.13. The number of pyridine rings is 1.